The Balaban J connectivity index is 1.80. The third kappa shape index (κ3) is 5.75. The number of nitriles is 1. The number of methoxy groups -OCH3 is 1. The van der Waals surface area contributed by atoms with E-state index in [9.17, 15) is 19.1 Å². The van der Waals surface area contributed by atoms with E-state index in [0.717, 1.165) is 11.1 Å². The number of rotatable bonds is 7. The highest BCUT2D eigenvalue weighted by Crippen LogP contribution is 2.36. The van der Waals surface area contributed by atoms with Crippen LogP contribution in [0.5, 0.6) is 17.4 Å². The average Bonchev–Trinajstić information content (AvgIpc) is 2.94. The molecule has 4 aromatic rings. The third-order valence-electron chi connectivity index (χ3n) is 6.43. The van der Waals surface area contributed by atoms with Crippen LogP contribution in [0.1, 0.15) is 34.0 Å². The van der Waals surface area contributed by atoms with Crippen LogP contribution in [0.2, 0.25) is 0 Å². The van der Waals surface area contributed by atoms with Crippen molar-refractivity contribution >= 4 is 26.6 Å². The van der Waals surface area contributed by atoms with Crippen molar-refractivity contribution in [1.82, 2.24) is 10.2 Å². The zero-order chi connectivity index (χ0) is 29.0. The summed E-state index contributed by atoms with van der Waals surface area (Å²) in [6, 6.07) is 20.7. The van der Waals surface area contributed by atoms with Gasteiger partial charge in [-0.25, -0.2) is 0 Å². The molecule has 10 heteroatoms. The normalized spacial score (nSPS) is 11.3. The summed E-state index contributed by atoms with van der Waals surface area (Å²) in [4.78, 5) is 26.1. The van der Waals surface area contributed by atoms with Gasteiger partial charge in [0.1, 0.15) is 5.56 Å². The lowest BCUT2D eigenvalue weighted by atomic mass is 10.0. The van der Waals surface area contributed by atoms with Crippen molar-refractivity contribution in [3.8, 4) is 34.7 Å². The summed E-state index contributed by atoms with van der Waals surface area (Å²) in [6.45, 7) is 5.00. The molecule has 204 valence electrons. The molecule has 4 rings (SSSR count). The first-order valence-electron chi connectivity index (χ1n) is 12.3. The minimum Gasteiger partial charge on any atom is -0.493 e. The van der Waals surface area contributed by atoms with Gasteiger partial charge in [0.2, 0.25) is 0 Å². The molecular weight excluding hydrogens is 528 g/mol. The molecule has 0 atom stereocenters. The fourth-order valence-electron chi connectivity index (χ4n) is 3.97. The number of nitrogens with zero attached hydrogens (tertiary/aromatic N) is 3. The Morgan fingerprint density at radius 2 is 1.70 bits per heavy atom. The smallest absolute Gasteiger partial charge is 0.261 e. The Hall–Kier alpha value is -4.88. The zero-order valence-corrected chi connectivity index (χ0v) is 23.6. The predicted octanol–water partition coefficient (Wildman–Crippen LogP) is 5.24. The maximum absolute atomic E-state index is 13.8. The van der Waals surface area contributed by atoms with Gasteiger partial charge < -0.3 is 14.8 Å². The number of amides is 1. The number of hydrogen-bond donors (Lipinski definition) is 2. The summed E-state index contributed by atoms with van der Waals surface area (Å²) >= 11 is 0. The van der Waals surface area contributed by atoms with Crippen molar-refractivity contribution < 1.29 is 23.3 Å². The van der Waals surface area contributed by atoms with Crippen LogP contribution >= 0.6 is 0 Å². The van der Waals surface area contributed by atoms with E-state index < -0.39 is 21.0 Å². The van der Waals surface area contributed by atoms with Gasteiger partial charge in [-0.1, -0.05) is 35.9 Å². The van der Waals surface area contributed by atoms with Crippen LogP contribution in [-0.2, 0) is 14.7 Å². The van der Waals surface area contributed by atoms with Crippen LogP contribution in [0.25, 0.3) is 11.3 Å². The highest BCUT2D eigenvalue weighted by Gasteiger charge is 2.24. The fourth-order valence-corrected chi connectivity index (χ4v) is 5.09. The van der Waals surface area contributed by atoms with Crippen LogP contribution in [0.4, 0.5) is 5.69 Å². The molecule has 0 fully saturated rings. The number of nitrogens with one attached hydrogen (secondary N) is 1. The van der Waals surface area contributed by atoms with Gasteiger partial charge in [-0.05, 0) is 59.7 Å². The molecule has 0 aliphatic carbocycles. The van der Waals surface area contributed by atoms with E-state index in [1.54, 1.807) is 37.3 Å². The predicted molar refractivity (Wildman–Crippen MR) is 154 cm³/mol. The zero-order valence-electron chi connectivity index (χ0n) is 22.7. The summed E-state index contributed by atoms with van der Waals surface area (Å²) in [6.07, 6.45) is 1.40. The summed E-state index contributed by atoms with van der Waals surface area (Å²) in [5, 5.41) is 20.2. The van der Waals surface area contributed by atoms with Crippen LogP contribution in [0, 0.1) is 25.2 Å². The SMILES string of the molecule is COc1cc(C#N)ccc1Oc1nnc(-c2ccc(C)cc2)c(C)c1C(=O)Nc1cccc([SH](C)(=O)C(C)=O)c1. The van der Waals surface area contributed by atoms with Gasteiger partial charge in [0.05, 0.1) is 24.4 Å². The Kier molecular flexibility index (Phi) is 8.07. The molecule has 9 nitrogen and oxygen atoms in total. The van der Waals surface area contributed by atoms with Crippen LogP contribution in [0.15, 0.2) is 71.6 Å². The first kappa shape index (κ1) is 28.1. The monoisotopic (exact) mass is 556 g/mol. The first-order chi connectivity index (χ1) is 19.0. The van der Waals surface area contributed by atoms with E-state index in [1.807, 2.05) is 37.3 Å². The number of ether oxygens (including phenoxy) is 2. The van der Waals surface area contributed by atoms with Gasteiger partial charge in [0.15, 0.2) is 16.6 Å². The minimum atomic E-state index is -3.27. The van der Waals surface area contributed by atoms with Gasteiger partial charge >= 0.3 is 0 Å². The minimum absolute atomic E-state index is 0.0741. The van der Waals surface area contributed by atoms with Crippen molar-refractivity contribution in [2.45, 2.75) is 25.7 Å². The largest absolute Gasteiger partial charge is 0.493 e. The van der Waals surface area contributed by atoms with E-state index in [1.165, 1.54) is 32.4 Å². The maximum Gasteiger partial charge on any atom is 0.261 e. The molecule has 1 aromatic heterocycles. The lowest BCUT2D eigenvalue weighted by Gasteiger charge is -2.18. The standard InChI is InChI=1S/C30H28N4O5S/c1-18-9-12-22(13-10-18)28-19(2)27(29(36)32-23-7-6-8-24(16-23)40(5,37)20(3)35)30(34-33-28)39-25-14-11-21(17-31)15-26(25)38-4/h6-16,40H,1-5H3,(H,32,36). The molecule has 0 saturated heterocycles. The quantitative estimate of drug-likeness (QED) is 0.296. The Morgan fingerprint density at radius 3 is 2.35 bits per heavy atom. The molecule has 40 heavy (non-hydrogen) atoms. The maximum atomic E-state index is 13.8. The molecule has 0 spiro atoms. The van der Waals surface area contributed by atoms with E-state index >= 15 is 0 Å². The van der Waals surface area contributed by atoms with Crippen molar-refractivity contribution in [2.75, 3.05) is 18.7 Å². The second-order valence-electron chi connectivity index (χ2n) is 9.25. The number of thiol groups is 1. The lowest BCUT2D eigenvalue weighted by Crippen LogP contribution is -2.20. The van der Waals surface area contributed by atoms with Gasteiger partial charge in [-0.3, -0.25) is 13.8 Å². The lowest BCUT2D eigenvalue weighted by molar-refractivity contribution is -0.109. The van der Waals surface area contributed by atoms with Crippen molar-refractivity contribution in [2.24, 2.45) is 0 Å². The number of carbonyl (C=O) groups excluding carboxylic acids is 2. The number of aromatic nitrogens is 2. The molecule has 3 aromatic carbocycles. The second-order valence-corrected chi connectivity index (χ2v) is 12.2. The average molecular weight is 557 g/mol. The summed E-state index contributed by atoms with van der Waals surface area (Å²) in [5.41, 5.74) is 3.68. The van der Waals surface area contributed by atoms with Gasteiger partial charge in [0.25, 0.3) is 11.8 Å². The van der Waals surface area contributed by atoms with Crippen molar-refractivity contribution in [1.29, 1.82) is 5.26 Å². The highest BCUT2D eigenvalue weighted by molar-refractivity contribution is 8.16. The number of aryl methyl sites for hydroxylation is 1. The van der Waals surface area contributed by atoms with E-state index in [4.69, 9.17) is 9.47 Å². The molecule has 1 heterocycles. The topological polar surface area (TPSA) is 131 Å². The number of anilines is 1. The van der Waals surface area contributed by atoms with Crippen molar-refractivity contribution in [3.63, 3.8) is 0 Å². The van der Waals surface area contributed by atoms with Crippen LogP contribution in [0.3, 0.4) is 0 Å². The number of carbonyl (C=O) groups is 2. The molecule has 1 amide bonds. The molecule has 0 saturated carbocycles. The van der Waals surface area contributed by atoms with Gasteiger partial charge in [-0.2, -0.15) is 5.26 Å². The summed E-state index contributed by atoms with van der Waals surface area (Å²) in [5.74, 6) is -0.102. The van der Waals surface area contributed by atoms with E-state index in [-0.39, 0.29) is 22.9 Å². The highest BCUT2D eigenvalue weighted by atomic mass is 32.2. The number of hydrogen-bond acceptors (Lipinski definition) is 8. The molecule has 0 bridgehead atoms. The molecule has 1 N–H and O–H groups in total. The Morgan fingerprint density at radius 1 is 0.975 bits per heavy atom. The Labute approximate surface area is 233 Å². The van der Waals surface area contributed by atoms with Crippen molar-refractivity contribution in [3.05, 3.63) is 89.0 Å². The molecule has 0 unspecified atom stereocenters. The van der Waals surface area contributed by atoms with E-state index in [0.29, 0.717) is 27.4 Å². The summed E-state index contributed by atoms with van der Waals surface area (Å²) in [7, 11) is -1.83. The molecule has 0 aliphatic rings. The van der Waals surface area contributed by atoms with Crippen LogP contribution in [-0.4, -0.2) is 38.8 Å². The molecule has 0 radical (unpaired) electrons. The molecule has 0 aliphatic heterocycles. The third-order valence-corrected chi connectivity index (χ3v) is 8.90. The first-order valence-corrected chi connectivity index (χ1v) is 14.4. The van der Waals surface area contributed by atoms with Gasteiger partial charge in [0, 0.05) is 35.4 Å². The van der Waals surface area contributed by atoms with E-state index in [2.05, 4.69) is 15.5 Å². The van der Waals surface area contributed by atoms with Crippen LogP contribution < -0.4 is 14.8 Å². The fraction of sp³-hybridized carbons (Fsp3) is 0.167. The van der Waals surface area contributed by atoms with Gasteiger partial charge in [-0.15, -0.1) is 10.2 Å². The molecular formula is C30H28N4O5S. The second kappa shape index (κ2) is 11.5. The number of benzene rings is 3. The Bertz CT molecular complexity index is 1710. The summed E-state index contributed by atoms with van der Waals surface area (Å²) < 4.78 is 24.3.